The number of hydrogen-bond donors (Lipinski definition) is 2. The standard InChI is InChI=1S/C10H8.C3H4O5S/c1-2-6-10-8-4-3-7-9(10)5-1;1-2(3(4)5)9(6,7)8/h1-8H;1H2,(H,4,5)(H,6,7,8). The van der Waals surface area contributed by atoms with Crippen molar-refractivity contribution in [1.29, 1.82) is 0 Å². The van der Waals surface area contributed by atoms with Crippen LogP contribution in [0.5, 0.6) is 0 Å². The molecule has 0 spiro atoms. The highest BCUT2D eigenvalue weighted by Gasteiger charge is 2.17. The van der Waals surface area contributed by atoms with Gasteiger partial charge in [0.2, 0.25) is 0 Å². The highest BCUT2D eigenvalue weighted by Crippen LogP contribution is 2.11. The summed E-state index contributed by atoms with van der Waals surface area (Å²) in [5.41, 5.74) is 0. The van der Waals surface area contributed by atoms with E-state index in [0.717, 1.165) is 0 Å². The van der Waals surface area contributed by atoms with Crippen LogP contribution < -0.4 is 0 Å². The summed E-state index contributed by atoms with van der Waals surface area (Å²) in [4.78, 5) is 8.49. The van der Waals surface area contributed by atoms with Gasteiger partial charge < -0.3 is 5.11 Å². The Balaban J connectivity index is 0.000000192. The number of carboxylic acid groups (broad SMARTS) is 1. The molecule has 0 atom stereocenters. The Morgan fingerprint density at radius 1 is 0.947 bits per heavy atom. The second kappa shape index (κ2) is 6.12. The van der Waals surface area contributed by atoms with Gasteiger partial charge in [0.05, 0.1) is 0 Å². The average molecular weight is 280 g/mol. The summed E-state index contributed by atoms with van der Waals surface area (Å²) in [5, 5.41) is 10.5. The molecule has 0 fully saturated rings. The van der Waals surface area contributed by atoms with Gasteiger partial charge in [-0.1, -0.05) is 55.1 Å². The summed E-state index contributed by atoms with van der Waals surface area (Å²) in [6, 6.07) is 16.7. The normalized spacial score (nSPS) is 10.4. The molecule has 0 aliphatic rings. The topological polar surface area (TPSA) is 91.7 Å². The number of aliphatic carboxylic acids is 1. The first-order chi connectivity index (χ1) is 8.82. The Morgan fingerprint density at radius 3 is 1.42 bits per heavy atom. The first kappa shape index (κ1) is 14.9. The fourth-order valence-corrected chi connectivity index (χ4v) is 1.46. The van der Waals surface area contributed by atoms with E-state index in [-0.39, 0.29) is 0 Å². The monoisotopic (exact) mass is 280 g/mol. The lowest BCUT2D eigenvalue weighted by Gasteiger charge is -1.92. The summed E-state index contributed by atoms with van der Waals surface area (Å²) in [5.74, 6) is -1.75. The molecule has 5 nitrogen and oxygen atoms in total. The van der Waals surface area contributed by atoms with Crippen molar-refractivity contribution in [2.24, 2.45) is 0 Å². The van der Waals surface area contributed by atoms with Crippen LogP contribution in [-0.2, 0) is 14.9 Å². The quantitative estimate of drug-likeness (QED) is 0.650. The highest BCUT2D eigenvalue weighted by molar-refractivity contribution is 7.90. The van der Waals surface area contributed by atoms with E-state index < -0.39 is 21.0 Å². The van der Waals surface area contributed by atoms with Crippen LogP contribution in [-0.4, -0.2) is 24.0 Å². The molecular weight excluding hydrogens is 268 g/mol. The van der Waals surface area contributed by atoms with Gasteiger partial charge in [0.15, 0.2) is 4.91 Å². The van der Waals surface area contributed by atoms with E-state index >= 15 is 0 Å². The van der Waals surface area contributed by atoms with Crippen LogP contribution in [0.25, 0.3) is 10.8 Å². The predicted molar refractivity (Wildman–Crippen MR) is 72.3 cm³/mol. The minimum Gasteiger partial charge on any atom is -0.477 e. The van der Waals surface area contributed by atoms with Crippen LogP contribution in [0.2, 0.25) is 0 Å². The minimum absolute atomic E-state index is 1.22. The third kappa shape index (κ3) is 4.53. The zero-order chi connectivity index (χ0) is 14.5. The number of carboxylic acids is 1. The highest BCUT2D eigenvalue weighted by atomic mass is 32.2. The lowest BCUT2D eigenvalue weighted by atomic mass is 10.1. The number of fused-ring (bicyclic) bond motifs is 1. The molecule has 0 unspecified atom stereocenters. The average Bonchev–Trinajstić information content (AvgIpc) is 2.37. The molecule has 0 radical (unpaired) electrons. The van der Waals surface area contributed by atoms with Gasteiger partial charge in [0.1, 0.15) is 0 Å². The Labute approximate surface area is 110 Å². The molecule has 0 heterocycles. The first-order valence-corrected chi connectivity index (χ1v) is 6.60. The van der Waals surface area contributed by atoms with E-state index in [0.29, 0.717) is 0 Å². The van der Waals surface area contributed by atoms with Gasteiger partial charge in [-0.3, -0.25) is 4.55 Å². The molecule has 2 N–H and O–H groups in total. The number of rotatable bonds is 2. The van der Waals surface area contributed by atoms with Gasteiger partial charge in [0.25, 0.3) is 0 Å². The van der Waals surface area contributed by atoms with Gasteiger partial charge in [-0.2, -0.15) is 8.42 Å². The fourth-order valence-electron chi connectivity index (χ4n) is 1.24. The second-order valence-electron chi connectivity index (χ2n) is 3.55. The third-order valence-corrected chi connectivity index (χ3v) is 3.01. The lowest BCUT2D eigenvalue weighted by Crippen LogP contribution is -2.09. The summed E-state index contributed by atoms with van der Waals surface area (Å²) >= 11 is 0. The van der Waals surface area contributed by atoms with Gasteiger partial charge in [0, 0.05) is 0 Å². The first-order valence-electron chi connectivity index (χ1n) is 5.16. The van der Waals surface area contributed by atoms with E-state index in [1.165, 1.54) is 10.8 Å². The van der Waals surface area contributed by atoms with Crippen LogP contribution in [0.15, 0.2) is 60.0 Å². The van der Waals surface area contributed by atoms with Crippen molar-refractivity contribution < 1.29 is 22.9 Å². The van der Waals surface area contributed by atoms with Crippen molar-refractivity contribution in [3.8, 4) is 0 Å². The molecular formula is C13H12O5S. The Kier molecular flexibility index (Phi) is 4.80. The number of hydrogen-bond acceptors (Lipinski definition) is 3. The van der Waals surface area contributed by atoms with Crippen molar-refractivity contribution >= 4 is 26.9 Å². The largest absolute Gasteiger partial charge is 0.477 e. The second-order valence-corrected chi connectivity index (χ2v) is 4.99. The molecule has 0 bridgehead atoms. The molecule has 0 saturated carbocycles. The van der Waals surface area contributed by atoms with Crippen LogP contribution >= 0.6 is 0 Å². The Bertz CT molecular complexity index is 638. The Morgan fingerprint density at radius 2 is 1.26 bits per heavy atom. The van der Waals surface area contributed by atoms with E-state index in [1.54, 1.807) is 0 Å². The summed E-state index contributed by atoms with van der Waals surface area (Å²) < 4.78 is 27.6. The van der Waals surface area contributed by atoms with E-state index in [1.807, 2.05) is 0 Å². The summed E-state index contributed by atoms with van der Waals surface area (Å²) in [7, 11) is -4.60. The number of benzene rings is 2. The Hall–Kier alpha value is -2.18. The molecule has 0 aromatic heterocycles. The van der Waals surface area contributed by atoms with E-state index in [4.69, 9.17) is 9.66 Å². The smallest absolute Gasteiger partial charge is 0.349 e. The van der Waals surface area contributed by atoms with Crippen molar-refractivity contribution in [1.82, 2.24) is 0 Å². The maximum atomic E-state index is 9.85. The van der Waals surface area contributed by atoms with Crippen molar-refractivity contribution in [3.05, 3.63) is 60.0 Å². The van der Waals surface area contributed by atoms with Crippen LogP contribution in [0.4, 0.5) is 0 Å². The molecule has 0 saturated heterocycles. The SMILES string of the molecule is C=C(C(=O)O)S(=O)(=O)O.c1ccc2ccccc2c1. The van der Waals surface area contributed by atoms with Crippen LogP contribution in [0.1, 0.15) is 0 Å². The zero-order valence-corrected chi connectivity index (χ0v) is 10.7. The molecule has 2 aromatic rings. The third-order valence-electron chi connectivity index (χ3n) is 2.21. The minimum atomic E-state index is -4.60. The number of carbonyl (C=O) groups is 1. The van der Waals surface area contributed by atoms with Gasteiger partial charge >= 0.3 is 16.1 Å². The molecule has 0 aliphatic carbocycles. The predicted octanol–water partition coefficient (Wildman–Crippen LogP) is 2.31. The molecule has 19 heavy (non-hydrogen) atoms. The molecule has 2 aromatic carbocycles. The van der Waals surface area contributed by atoms with Crippen molar-refractivity contribution in [2.45, 2.75) is 0 Å². The van der Waals surface area contributed by atoms with Crippen LogP contribution in [0.3, 0.4) is 0 Å². The maximum Gasteiger partial charge on any atom is 0.349 e. The van der Waals surface area contributed by atoms with Crippen LogP contribution in [0, 0.1) is 0 Å². The lowest BCUT2D eigenvalue weighted by molar-refractivity contribution is -0.131. The van der Waals surface area contributed by atoms with Gasteiger partial charge in [-0.15, -0.1) is 0 Å². The van der Waals surface area contributed by atoms with Crippen molar-refractivity contribution in [2.75, 3.05) is 0 Å². The molecule has 0 amide bonds. The molecule has 6 heteroatoms. The summed E-state index contributed by atoms with van der Waals surface area (Å²) in [6.07, 6.45) is 0. The van der Waals surface area contributed by atoms with Gasteiger partial charge in [-0.05, 0) is 10.8 Å². The maximum absolute atomic E-state index is 9.85. The summed E-state index contributed by atoms with van der Waals surface area (Å²) in [6.45, 7) is 2.59. The van der Waals surface area contributed by atoms with Crippen molar-refractivity contribution in [3.63, 3.8) is 0 Å². The fraction of sp³-hybridized carbons (Fsp3) is 0. The molecule has 0 aliphatic heterocycles. The zero-order valence-electron chi connectivity index (χ0n) is 9.85. The van der Waals surface area contributed by atoms with E-state index in [9.17, 15) is 13.2 Å². The molecule has 2 rings (SSSR count). The van der Waals surface area contributed by atoms with Gasteiger partial charge in [-0.25, -0.2) is 4.79 Å². The van der Waals surface area contributed by atoms with E-state index in [2.05, 4.69) is 55.1 Å². The molecule has 100 valence electrons.